The molecule has 0 amide bonds. The Balaban J connectivity index is 1.86. The lowest BCUT2D eigenvalue weighted by Crippen LogP contribution is -2.06. The largest absolute Gasteiger partial charge is 0.287 e. The Morgan fingerprint density at radius 1 is 1.00 bits per heavy atom. The lowest BCUT2D eigenvalue weighted by Gasteiger charge is -2.04. The van der Waals surface area contributed by atoms with Crippen molar-refractivity contribution in [1.29, 1.82) is 0 Å². The quantitative estimate of drug-likeness (QED) is 0.544. The molecule has 0 saturated carbocycles. The predicted molar refractivity (Wildman–Crippen MR) is 86.5 cm³/mol. The molecule has 2 aromatic carbocycles. The van der Waals surface area contributed by atoms with Crippen LogP contribution >= 0.6 is 0 Å². The van der Waals surface area contributed by atoms with Crippen LogP contribution in [0.2, 0.25) is 0 Å². The second-order valence-corrected chi connectivity index (χ2v) is 5.19. The van der Waals surface area contributed by atoms with Gasteiger partial charge in [0, 0.05) is 5.56 Å². The molecule has 116 valence electrons. The Morgan fingerprint density at radius 3 is 2.62 bits per heavy atom. The summed E-state index contributed by atoms with van der Waals surface area (Å²) in [5.74, 6) is -0.833. The van der Waals surface area contributed by atoms with E-state index in [1.165, 1.54) is 24.5 Å². The van der Waals surface area contributed by atoms with E-state index in [0.29, 0.717) is 11.0 Å². The number of ketones is 1. The SMILES string of the molecule is O=C(c1cccc(F)c1)c1ncnc2c1cnn2-c1ccccc1. The highest BCUT2D eigenvalue weighted by atomic mass is 19.1. The molecule has 0 N–H and O–H groups in total. The van der Waals surface area contributed by atoms with Gasteiger partial charge in [0.05, 0.1) is 17.3 Å². The highest BCUT2D eigenvalue weighted by Gasteiger charge is 2.18. The maximum Gasteiger partial charge on any atom is 0.212 e. The highest BCUT2D eigenvalue weighted by Crippen LogP contribution is 2.20. The Bertz CT molecular complexity index is 1040. The molecule has 4 aromatic rings. The van der Waals surface area contributed by atoms with E-state index in [9.17, 15) is 9.18 Å². The van der Waals surface area contributed by atoms with Gasteiger partial charge in [-0.1, -0.05) is 30.3 Å². The van der Waals surface area contributed by atoms with E-state index in [1.54, 1.807) is 16.9 Å². The Kier molecular flexibility index (Phi) is 3.35. The first-order valence-corrected chi connectivity index (χ1v) is 7.28. The third-order valence-corrected chi connectivity index (χ3v) is 3.67. The second-order valence-electron chi connectivity index (χ2n) is 5.19. The molecule has 0 aliphatic rings. The summed E-state index contributed by atoms with van der Waals surface area (Å²) in [6.45, 7) is 0. The summed E-state index contributed by atoms with van der Waals surface area (Å²) in [6, 6.07) is 15.0. The van der Waals surface area contributed by atoms with Gasteiger partial charge in [0.2, 0.25) is 5.78 Å². The van der Waals surface area contributed by atoms with E-state index in [-0.39, 0.29) is 17.0 Å². The van der Waals surface area contributed by atoms with Gasteiger partial charge in [-0.3, -0.25) is 4.79 Å². The Morgan fingerprint density at radius 2 is 1.83 bits per heavy atom. The van der Waals surface area contributed by atoms with Crippen LogP contribution in [0.1, 0.15) is 16.1 Å². The summed E-state index contributed by atoms with van der Waals surface area (Å²) < 4.78 is 15.0. The molecule has 0 fully saturated rings. The number of aromatic nitrogens is 4. The lowest BCUT2D eigenvalue weighted by atomic mass is 10.1. The summed E-state index contributed by atoms with van der Waals surface area (Å²) >= 11 is 0. The van der Waals surface area contributed by atoms with Crippen molar-refractivity contribution in [2.24, 2.45) is 0 Å². The van der Waals surface area contributed by atoms with Crippen LogP contribution in [0.3, 0.4) is 0 Å². The van der Waals surface area contributed by atoms with E-state index in [4.69, 9.17) is 0 Å². The smallest absolute Gasteiger partial charge is 0.212 e. The first kappa shape index (κ1) is 14.2. The standard InChI is InChI=1S/C18H11FN4O/c19-13-6-4-5-12(9-13)17(24)16-15-10-22-23(18(15)21-11-20-16)14-7-2-1-3-8-14/h1-11H. The monoisotopic (exact) mass is 318 g/mol. The minimum Gasteiger partial charge on any atom is -0.287 e. The molecule has 0 bridgehead atoms. The van der Waals surface area contributed by atoms with Crippen LogP contribution in [0.15, 0.2) is 67.1 Å². The molecule has 6 heteroatoms. The minimum absolute atomic E-state index is 0.202. The van der Waals surface area contributed by atoms with Gasteiger partial charge in [0.25, 0.3) is 0 Å². The summed E-state index contributed by atoms with van der Waals surface area (Å²) in [5, 5.41) is 4.83. The van der Waals surface area contributed by atoms with E-state index < -0.39 is 5.82 Å². The van der Waals surface area contributed by atoms with Crippen molar-refractivity contribution >= 4 is 16.8 Å². The number of para-hydroxylation sites is 1. The number of benzene rings is 2. The third-order valence-electron chi connectivity index (χ3n) is 3.67. The summed E-state index contributed by atoms with van der Waals surface area (Å²) in [7, 11) is 0. The van der Waals surface area contributed by atoms with Crippen LogP contribution in [0.5, 0.6) is 0 Å². The lowest BCUT2D eigenvalue weighted by molar-refractivity contribution is 0.103. The molecule has 0 saturated heterocycles. The molecule has 5 nitrogen and oxygen atoms in total. The van der Waals surface area contributed by atoms with Crippen molar-refractivity contribution in [2.45, 2.75) is 0 Å². The highest BCUT2D eigenvalue weighted by molar-refractivity contribution is 6.14. The van der Waals surface area contributed by atoms with Gasteiger partial charge < -0.3 is 0 Å². The molecule has 2 heterocycles. The zero-order valence-corrected chi connectivity index (χ0v) is 12.4. The number of fused-ring (bicyclic) bond motifs is 1. The van der Waals surface area contributed by atoms with Crippen LogP contribution < -0.4 is 0 Å². The first-order valence-electron chi connectivity index (χ1n) is 7.28. The fraction of sp³-hybridized carbons (Fsp3) is 0. The molecular weight excluding hydrogens is 307 g/mol. The van der Waals surface area contributed by atoms with Gasteiger partial charge in [-0.25, -0.2) is 19.0 Å². The molecule has 0 spiro atoms. The van der Waals surface area contributed by atoms with Crippen molar-refractivity contribution in [3.05, 3.63) is 84.2 Å². The molecule has 0 radical (unpaired) electrons. The fourth-order valence-electron chi connectivity index (χ4n) is 2.55. The van der Waals surface area contributed by atoms with E-state index >= 15 is 0 Å². The first-order chi connectivity index (χ1) is 11.7. The molecule has 0 unspecified atom stereocenters. The molecular formula is C18H11FN4O. The zero-order chi connectivity index (χ0) is 16.5. The van der Waals surface area contributed by atoms with Crippen LogP contribution in [0.4, 0.5) is 4.39 Å². The topological polar surface area (TPSA) is 60.7 Å². The summed E-state index contributed by atoms with van der Waals surface area (Å²) in [4.78, 5) is 21.0. The molecule has 0 aliphatic heterocycles. The summed E-state index contributed by atoms with van der Waals surface area (Å²) in [6.07, 6.45) is 2.87. The second kappa shape index (κ2) is 5.66. The predicted octanol–water partition coefficient (Wildman–Crippen LogP) is 3.19. The van der Waals surface area contributed by atoms with Gasteiger partial charge in [0.1, 0.15) is 17.8 Å². The van der Waals surface area contributed by atoms with Gasteiger partial charge >= 0.3 is 0 Å². The van der Waals surface area contributed by atoms with Crippen molar-refractivity contribution in [3.63, 3.8) is 0 Å². The van der Waals surface area contributed by atoms with Gasteiger partial charge in [-0.15, -0.1) is 0 Å². The Labute approximate surface area is 136 Å². The minimum atomic E-state index is -0.467. The number of hydrogen-bond acceptors (Lipinski definition) is 4. The molecule has 0 aliphatic carbocycles. The number of nitrogens with zero attached hydrogens (tertiary/aromatic N) is 4. The Hall–Kier alpha value is -3.41. The maximum atomic E-state index is 13.4. The average molecular weight is 318 g/mol. The van der Waals surface area contributed by atoms with Crippen molar-refractivity contribution in [3.8, 4) is 5.69 Å². The third kappa shape index (κ3) is 2.34. The molecule has 0 atom stereocenters. The number of carbonyl (C=O) groups excluding carboxylic acids is 1. The van der Waals surface area contributed by atoms with Gasteiger partial charge in [-0.05, 0) is 24.3 Å². The van der Waals surface area contributed by atoms with Crippen molar-refractivity contribution in [2.75, 3.05) is 0 Å². The van der Waals surface area contributed by atoms with Crippen molar-refractivity contribution in [1.82, 2.24) is 19.7 Å². The number of halogens is 1. The van der Waals surface area contributed by atoms with Crippen LogP contribution in [-0.4, -0.2) is 25.5 Å². The molecule has 24 heavy (non-hydrogen) atoms. The number of rotatable bonds is 3. The van der Waals surface area contributed by atoms with Crippen molar-refractivity contribution < 1.29 is 9.18 Å². The maximum absolute atomic E-state index is 13.4. The van der Waals surface area contributed by atoms with Crippen LogP contribution in [0.25, 0.3) is 16.7 Å². The average Bonchev–Trinajstić information content (AvgIpc) is 3.06. The van der Waals surface area contributed by atoms with E-state index in [1.807, 2.05) is 30.3 Å². The normalized spacial score (nSPS) is 10.9. The van der Waals surface area contributed by atoms with Crippen LogP contribution in [0, 0.1) is 5.82 Å². The van der Waals surface area contributed by atoms with Crippen LogP contribution in [-0.2, 0) is 0 Å². The van der Waals surface area contributed by atoms with Gasteiger partial charge in [-0.2, -0.15) is 5.10 Å². The summed E-state index contributed by atoms with van der Waals surface area (Å²) in [5.41, 5.74) is 1.79. The van der Waals surface area contributed by atoms with Gasteiger partial charge in [0.15, 0.2) is 5.65 Å². The van der Waals surface area contributed by atoms with E-state index in [0.717, 1.165) is 5.69 Å². The molecule has 2 aromatic heterocycles. The fourth-order valence-corrected chi connectivity index (χ4v) is 2.55. The number of hydrogen-bond donors (Lipinski definition) is 0. The van der Waals surface area contributed by atoms with E-state index in [2.05, 4.69) is 15.1 Å². The number of carbonyl (C=O) groups is 1. The molecule has 4 rings (SSSR count). The zero-order valence-electron chi connectivity index (χ0n) is 12.4.